The molecule has 0 saturated carbocycles. The van der Waals surface area contributed by atoms with Gasteiger partial charge in [0.15, 0.2) is 0 Å². The Labute approximate surface area is 225 Å². The molecule has 0 aromatic rings. The minimum atomic E-state index is 0. The molecule has 0 atom stereocenters. The molecule has 0 rings (SSSR count). The number of thioether (sulfide) groups is 1. The summed E-state index contributed by atoms with van der Waals surface area (Å²) in [6, 6.07) is 0. The Morgan fingerprint density at radius 1 is 0.370 bits per heavy atom. The standard InChI is InChI=1S/C24H50S.2Na.2H/c1-3-5-7-9-11-13-15-17-19-21-23-25-24-22-20-18-16-14-12-10-8-6-4-2;;;;/h3-24H2,1-2H3;;;;/q;2*+1;2*-1. The molecule has 3 heteroatoms. The van der Waals surface area contributed by atoms with Crippen LogP contribution < -0.4 is 59.1 Å². The molecule has 0 aliphatic carbocycles. The third kappa shape index (κ3) is 33.2. The first-order valence-corrected chi connectivity index (χ1v) is 13.1. The molecule has 0 heterocycles. The van der Waals surface area contributed by atoms with Gasteiger partial charge in [0.1, 0.15) is 0 Å². The van der Waals surface area contributed by atoms with Crippen molar-refractivity contribution in [2.75, 3.05) is 11.5 Å². The van der Waals surface area contributed by atoms with Crippen molar-refractivity contribution in [3.63, 3.8) is 0 Å². The van der Waals surface area contributed by atoms with Crippen LogP contribution in [0, 0.1) is 0 Å². The van der Waals surface area contributed by atoms with Crippen LogP contribution in [0.15, 0.2) is 0 Å². The second-order valence-electron chi connectivity index (χ2n) is 7.98. The molecule has 0 saturated heterocycles. The van der Waals surface area contributed by atoms with Crippen molar-refractivity contribution in [3.05, 3.63) is 0 Å². The number of unbranched alkanes of at least 4 members (excludes halogenated alkanes) is 18. The quantitative estimate of drug-likeness (QED) is 0.190. The minimum absolute atomic E-state index is 0. The van der Waals surface area contributed by atoms with E-state index in [-0.39, 0.29) is 62.0 Å². The van der Waals surface area contributed by atoms with Crippen LogP contribution in [0.4, 0.5) is 0 Å². The van der Waals surface area contributed by atoms with E-state index < -0.39 is 0 Å². The summed E-state index contributed by atoms with van der Waals surface area (Å²) in [5.41, 5.74) is 0. The molecular weight excluding hydrogens is 366 g/mol. The van der Waals surface area contributed by atoms with Gasteiger partial charge in [-0.25, -0.2) is 0 Å². The summed E-state index contributed by atoms with van der Waals surface area (Å²) in [6.45, 7) is 4.60. The molecule has 0 aliphatic rings. The van der Waals surface area contributed by atoms with E-state index in [1.807, 2.05) is 0 Å². The van der Waals surface area contributed by atoms with Crippen LogP contribution >= 0.6 is 11.8 Å². The summed E-state index contributed by atoms with van der Waals surface area (Å²) in [4.78, 5) is 0. The molecule has 0 aromatic carbocycles. The maximum absolute atomic E-state index is 2.30. The van der Waals surface area contributed by atoms with Crippen molar-refractivity contribution in [1.82, 2.24) is 0 Å². The SMILES string of the molecule is CCCCCCCCCCCCSCCCCCCCCCCCC.[H-].[H-].[Na+].[Na+]. The molecule has 0 unspecified atom stereocenters. The van der Waals surface area contributed by atoms with Gasteiger partial charge in [-0.05, 0) is 24.3 Å². The Bertz CT molecular complexity index is 213. The second-order valence-corrected chi connectivity index (χ2v) is 9.20. The van der Waals surface area contributed by atoms with Crippen molar-refractivity contribution in [1.29, 1.82) is 0 Å². The fourth-order valence-corrected chi connectivity index (χ4v) is 4.51. The van der Waals surface area contributed by atoms with E-state index in [1.54, 1.807) is 0 Å². The van der Waals surface area contributed by atoms with Crippen LogP contribution in [0.2, 0.25) is 0 Å². The fraction of sp³-hybridized carbons (Fsp3) is 1.00. The molecule has 0 spiro atoms. The summed E-state index contributed by atoms with van der Waals surface area (Å²) in [5, 5.41) is 0. The molecule has 27 heavy (non-hydrogen) atoms. The van der Waals surface area contributed by atoms with Crippen LogP contribution in [0.1, 0.15) is 145 Å². The Balaban J connectivity index is -0.000000480. The fourth-order valence-electron chi connectivity index (χ4n) is 3.49. The van der Waals surface area contributed by atoms with Crippen LogP contribution in [-0.4, -0.2) is 11.5 Å². The van der Waals surface area contributed by atoms with Gasteiger partial charge in [0.05, 0.1) is 0 Å². The molecule has 0 fully saturated rings. The Kier molecular flexibility index (Phi) is 41.5. The first kappa shape index (κ1) is 34.0. The van der Waals surface area contributed by atoms with E-state index in [9.17, 15) is 0 Å². The van der Waals surface area contributed by atoms with Gasteiger partial charge in [0, 0.05) is 0 Å². The van der Waals surface area contributed by atoms with Gasteiger partial charge in [-0.15, -0.1) is 0 Å². The summed E-state index contributed by atoms with van der Waals surface area (Å²) in [6.07, 6.45) is 29.2. The molecule has 0 radical (unpaired) electrons. The largest absolute Gasteiger partial charge is 1.00 e. The van der Waals surface area contributed by atoms with Crippen LogP contribution in [0.25, 0.3) is 0 Å². The number of hydrogen-bond acceptors (Lipinski definition) is 1. The van der Waals surface area contributed by atoms with E-state index in [0.29, 0.717) is 0 Å². The van der Waals surface area contributed by atoms with Gasteiger partial charge in [-0.2, -0.15) is 11.8 Å². The van der Waals surface area contributed by atoms with Gasteiger partial charge in [-0.1, -0.05) is 129 Å². The van der Waals surface area contributed by atoms with E-state index in [4.69, 9.17) is 0 Å². The predicted octanol–water partition coefficient (Wildman–Crippen LogP) is 3.79. The smallest absolute Gasteiger partial charge is 1.00 e. The number of hydrogen-bond donors (Lipinski definition) is 0. The molecule has 0 N–H and O–H groups in total. The monoisotopic (exact) mass is 418 g/mol. The minimum Gasteiger partial charge on any atom is -1.00 e. The Morgan fingerprint density at radius 2 is 0.593 bits per heavy atom. The Hall–Kier alpha value is 2.35. The van der Waals surface area contributed by atoms with Crippen LogP contribution in [0.5, 0.6) is 0 Å². The molecule has 0 nitrogen and oxygen atoms in total. The van der Waals surface area contributed by atoms with E-state index in [1.165, 1.54) is 140 Å². The predicted molar refractivity (Wildman–Crippen MR) is 123 cm³/mol. The maximum Gasteiger partial charge on any atom is 1.00 e. The number of rotatable bonds is 22. The van der Waals surface area contributed by atoms with Crippen molar-refractivity contribution in [2.45, 2.75) is 142 Å². The van der Waals surface area contributed by atoms with Gasteiger partial charge in [0.2, 0.25) is 0 Å². The van der Waals surface area contributed by atoms with Crippen LogP contribution in [-0.2, 0) is 0 Å². The zero-order valence-electron chi connectivity index (χ0n) is 22.0. The topological polar surface area (TPSA) is 0 Å². The second kappa shape index (κ2) is 33.0. The van der Waals surface area contributed by atoms with Gasteiger partial charge in [0.25, 0.3) is 0 Å². The van der Waals surface area contributed by atoms with Gasteiger partial charge in [-0.3, -0.25) is 0 Å². The maximum atomic E-state index is 2.30. The van der Waals surface area contributed by atoms with Gasteiger partial charge < -0.3 is 2.85 Å². The molecule has 156 valence electrons. The zero-order chi connectivity index (χ0) is 18.3. The average molecular weight is 419 g/mol. The van der Waals surface area contributed by atoms with Crippen LogP contribution in [0.3, 0.4) is 0 Å². The third-order valence-electron chi connectivity index (χ3n) is 5.28. The molecular formula is C24H52Na2S. The van der Waals surface area contributed by atoms with Gasteiger partial charge >= 0.3 is 59.1 Å². The summed E-state index contributed by atoms with van der Waals surface area (Å²) >= 11 is 2.21. The van der Waals surface area contributed by atoms with Crippen molar-refractivity contribution in [3.8, 4) is 0 Å². The molecule has 0 amide bonds. The summed E-state index contributed by atoms with van der Waals surface area (Å²) in [5.74, 6) is 2.82. The molecule has 0 aromatic heterocycles. The van der Waals surface area contributed by atoms with E-state index >= 15 is 0 Å². The molecule has 0 bridgehead atoms. The van der Waals surface area contributed by atoms with Crippen molar-refractivity contribution >= 4 is 11.8 Å². The summed E-state index contributed by atoms with van der Waals surface area (Å²) < 4.78 is 0. The van der Waals surface area contributed by atoms with E-state index in [0.717, 1.165) is 0 Å². The zero-order valence-corrected chi connectivity index (χ0v) is 24.8. The van der Waals surface area contributed by atoms with Crippen molar-refractivity contribution in [2.24, 2.45) is 0 Å². The normalized spacial score (nSPS) is 10.4. The summed E-state index contributed by atoms with van der Waals surface area (Å²) in [7, 11) is 0. The molecule has 0 aliphatic heterocycles. The Morgan fingerprint density at radius 3 is 0.852 bits per heavy atom. The first-order valence-electron chi connectivity index (χ1n) is 12.0. The average Bonchev–Trinajstić information content (AvgIpc) is 2.63. The van der Waals surface area contributed by atoms with E-state index in [2.05, 4.69) is 25.6 Å². The third-order valence-corrected chi connectivity index (χ3v) is 6.44. The van der Waals surface area contributed by atoms with Crippen molar-refractivity contribution < 1.29 is 62.0 Å². The first-order chi connectivity index (χ1) is 12.4.